The Kier molecular flexibility index (Phi) is 4.83. The maximum absolute atomic E-state index is 11.9. The van der Waals surface area contributed by atoms with Crippen molar-refractivity contribution < 1.29 is 4.79 Å². The molecule has 1 saturated carbocycles. The van der Waals surface area contributed by atoms with Crippen LogP contribution in [0, 0.1) is 5.92 Å². The molecule has 3 rings (SSSR count). The summed E-state index contributed by atoms with van der Waals surface area (Å²) in [5.74, 6) is 2.31. The molecule has 1 aromatic carbocycles. The Morgan fingerprint density at radius 2 is 1.88 bits per heavy atom. The molecule has 0 radical (unpaired) electrons. The lowest BCUT2D eigenvalue weighted by Crippen LogP contribution is -2.16. The van der Waals surface area contributed by atoms with E-state index in [0.29, 0.717) is 11.9 Å². The van der Waals surface area contributed by atoms with Crippen molar-refractivity contribution in [3.8, 4) is 0 Å². The molecule has 25 heavy (non-hydrogen) atoms. The molecule has 1 heterocycles. The highest BCUT2D eigenvalue weighted by Gasteiger charge is 2.29. The Balaban J connectivity index is 1.80. The van der Waals surface area contributed by atoms with E-state index in [9.17, 15) is 4.79 Å². The summed E-state index contributed by atoms with van der Waals surface area (Å²) in [6.45, 7) is 4.10. The summed E-state index contributed by atoms with van der Waals surface area (Å²) in [6, 6.07) is 7.57. The molecule has 0 unspecified atom stereocenters. The van der Waals surface area contributed by atoms with Crippen molar-refractivity contribution in [1.82, 2.24) is 15.0 Å². The summed E-state index contributed by atoms with van der Waals surface area (Å²) < 4.78 is 0. The zero-order valence-corrected chi connectivity index (χ0v) is 15.1. The molecule has 7 heteroatoms. The van der Waals surface area contributed by atoms with Crippen molar-refractivity contribution >= 4 is 29.2 Å². The first-order valence-corrected chi connectivity index (χ1v) is 8.53. The summed E-state index contributed by atoms with van der Waals surface area (Å²) in [5, 5.41) is 6.16. The van der Waals surface area contributed by atoms with Crippen molar-refractivity contribution in [2.45, 2.75) is 32.6 Å². The number of nitrogens with one attached hydrogen (secondary N) is 2. The number of carbonyl (C=O) groups is 1. The molecule has 1 amide bonds. The average molecular weight is 340 g/mol. The fourth-order valence-corrected chi connectivity index (χ4v) is 2.29. The van der Waals surface area contributed by atoms with Gasteiger partial charge in [0.25, 0.3) is 0 Å². The molecule has 7 nitrogen and oxygen atoms in total. The topological polar surface area (TPSA) is 83.0 Å². The van der Waals surface area contributed by atoms with E-state index in [-0.39, 0.29) is 17.7 Å². The number of anilines is 4. The summed E-state index contributed by atoms with van der Waals surface area (Å²) >= 11 is 0. The monoisotopic (exact) mass is 340 g/mol. The van der Waals surface area contributed by atoms with Crippen molar-refractivity contribution in [3.05, 3.63) is 30.1 Å². The van der Waals surface area contributed by atoms with Gasteiger partial charge in [0.1, 0.15) is 5.82 Å². The van der Waals surface area contributed by atoms with E-state index in [4.69, 9.17) is 0 Å². The Morgan fingerprint density at radius 1 is 1.16 bits per heavy atom. The van der Waals surface area contributed by atoms with Gasteiger partial charge in [0.05, 0.1) is 0 Å². The first-order chi connectivity index (χ1) is 11.9. The maximum atomic E-state index is 11.9. The van der Waals surface area contributed by atoms with Gasteiger partial charge in [0.2, 0.25) is 17.8 Å². The second-order valence-electron chi connectivity index (χ2n) is 6.84. The van der Waals surface area contributed by atoms with Crippen LogP contribution < -0.4 is 15.5 Å². The van der Waals surface area contributed by atoms with E-state index in [1.807, 2.05) is 57.1 Å². The van der Waals surface area contributed by atoms with Crippen molar-refractivity contribution in [1.29, 1.82) is 0 Å². The number of benzene rings is 1. The zero-order valence-electron chi connectivity index (χ0n) is 15.1. The average Bonchev–Trinajstić information content (AvgIpc) is 3.39. The third-order valence-electron chi connectivity index (χ3n) is 3.89. The molecule has 1 fully saturated rings. The van der Waals surface area contributed by atoms with E-state index in [0.717, 1.165) is 30.0 Å². The highest BCUT2D eigenvalue weighted by molar-refractivity contribution is 5.94. The standard InChI is InChI=1S/C18H24N6O/c1-11(2)15-21-17(23-18(22-15)24(3)4)20-14-7-5-6-13(10-14)19-16(25)12-8-9-12/h5-7,10-12H,8-9H2,1-4H3,(H,19,25)(H,20,21,22,23). The van der Waals surface area contributed by atoms with Crippen LogP contribution in [-0.2, 0) is 4.79 Å². The molecular formula is C18H24N6O. The predicted octanol–water partition coefficient (Wildman–Crippen LogP) is 3.15. The number of carbonyl (C=O) groups excluding carboxylic acids is 1. The highest BCUT2D eigenvalue weighted by Crippen LogP contribution is 2.30. The van der Waals surface area contributed by atoms with Gasteiger partial charge < -0.3 is 15.5 Å². The molecule has 0 spiro atoms. The second-order valence-corrected chi connectivity index (χ2v) is 6.84. The Bertz CT molecular complexity index is 744. The third-order valence-corrected chi connectivity index (χ3v) is 3.89. The minimum absolute atomic E-state index is 0.0919. The number of nitrogens with zero attached hydrogens (tertiary/aromatic N) is 4. The fraction of sp³-hybridized carbons (Fsp3) is 0.444. The minimum atomic E-state index is 0.0919. The van der Waals surface area contributed by atoms with E-state index < -0.39 is 0 Å². The normalized spacial score (nSPS) is 13.6. The number of hydrogen-bond donors (Lipinski definition) is 2. The van der Waals surface area contributed by atoms with Gasteiger partial charge >= 0.3 is 0 Å². The lowest BCUT2D eigenvalue weighted by atomic mass is 10.2. The molecule has 0 bridgehead atoms. The largest absolute Gasteiger partial charge is 0.347 e. The number of rotatable bonds is 6. The molecule has 1 aliphatic carbocycles. The van der Waals surface area contributed by atoms with Gasteiger partial charge in [-0.2, -0.15) is 15.0 Å². The van der Waals surface area contributed by atoms with Crippen LogP contribution in [-0.4, -0.2) is 35.0 Å². The van der Waals surface area contributed by atoms with Crippen molar-refractivity contribution in [2.75, 3.05) is 29.6 Å². The summed E-state index contributed by atoms with van der Waals surface area (Å²) in [6.07, 6.45) is 1.97. The first-order valence-electron chi connectivity index (χ1n) is 8.53. The molecule has 1 aliphatic rings. The molecule has 0 atom stereocenters. The van der Waals surface area contributed by atoms with E-state index >= 15 is 0 Å². The molecule has 2 N–H and O–H groups in total. The van der Waals surface area contributed by atoms with Gasteiger partial charge in [-0.3, -0.25) is 4.79 Å². The van der Waals surface area contributed by atoms with Crippen molar-refractivity contribution in [2.24, 2.45) is 5.92 Å². The SMILES string of the molecule is CC(C)c1nc(Nc2cccc(NC(=O)C3CC3)c2)nc(N(C)C)n1. The van der Waals surface area contributed by atoms with Crippen LogP contribution in [0.25, 0.3) is 0 Å². The zero-order chi connectivity index (χ0) is 18.0. The fourth-order valence-electron chi connectivity index (χ4n) is 2.29. The Labute approximate surface area is 147 Å². The minimum Gasteiger partial charge on any atom is -0.347 e. The summed E-state index contributed by atoms with van der Waals surface area (Å²) in [5.41, 5.74) is 1.59. The van der Waals surface area contributed by atoms with Gasteiger partial charge in [-0.25, -0.2) is 0 Å². The number of hydrogen-bond acceptors (Lipinski definition) is 6. The third kappa shape index (κ3) is 4.43. The summed E-state index contributed by atoms with van der Waals surface area (Å²) in [4.78, 5) is 27.2. The quantitative estimate of drug-likeness (QED) is 0.840. The molecule has 132 valence electrons. The molecule has 1 aromatic heterocycles. The van der Waals surface area contributed by atoms with Crippen LogP contribution in [0.15, 0.2) is 24.3 Å². The summed E-state index contributed by atoms with van der Waals surface area (Å²) in [7, 11) is 3.80. The van der Waals surface area contributed by atoms with Crippen LogP contribution >= 0.6 is 0 Å². The van der Waals surface area contributed by atoms with Crippen LogP contribution in [0.3, 0.4) is 0 Å². The lowest BCUT2D eigenvalue weighted by molar-refractivity contribution is -0.117. The van der Waals surface area contributed by atoms with Crippen LogP contribution in [0.1, 0.15) is 38.4 Å². The number of aromatic nitrogens is 3. The molecule has 2 aromatic rings. The van der Waals surface area contributed by atoms with Crippen LogP contribution in [0.4, 0.5) is 23.3 Å². The van der Waals surface area contributed by atoms with Crippen molar-refractivity contribution in [3.63, 3.8) is 0 Å². The molecule has 0 saturated heterocycles. The van der Waals surface area contributed by atoms with E-state index in [2.05, 4.69) is 25.6 Å². The number of amides is 1. The van der Waals surface area contributed by atoms with Gasteiger partial charge in [-0.05, 0) is 31.0 Å². The van der Waals surface area contributed by atoms with Gasteiger partial charge in [-0.1, -0.05) is 19.9 Å². The maximum Gasteiger partial charge on any atom is 0.232 e. The van der Waals surface area contributed by atoms with E-state index in [1.165, 1.54) is 0 Å². The highest BCUT2D eigenvalue weighted by atomic mass is 16.2. The first kappa shape index (κ1) is 17.1. The van der Waals surface area contributed by atoms with E-state index in [1.54, 1.807) is 0 Å². The Hall–Kier alpha value is -2.70. The van der Waals surface area contributed by atoms with Crippen LogP contribution in [0.5, 0.6) is 0 Å². The van der Waals surface area contributed by atoms with Gasteiger partial charge in [0, 0.05) is 37.3 Å². The Morgan fingerprint density at radius 3 is 2.52 bits per heavy atom. The second kappa shape index (κ2) is 7.04. The van der Waals surface area contributed by atoms with Gasteiger partial charge in [0.15, 0.2) is 0 Å². The van der Waals surface area contributed by atoms with Crippen LogP contribution in [0.2, 0.25) is 0 Å². The molecule has 0 aliphatic heterocycles. The predicted molar refractivity (Wildman–Crippen MR) is 99.3 cm³/mol. The van der Waals surface area contributed by atoms with Gasteiger partial charge in [-0.15, -0.1) is 0 Å². The molecular weight excluding hydrogens is 316 g/mol. The lowest BCUT2D eigenvalue weighted by Gasteiger charge is -2.15. The smallest absolute Gasteiger partial charge is 0.232 e.